The predicted octanol–water partition coefficient (Wildman–Crippen LogP) is 1.65. The highest BCUT2D eigenvalue weighted by molar-refractivity contribution is 5.76. The summed E-state index contributed by atoms with van der Waals surface area (Å²) in [6, 6.07) is 4.07. The zero-order valence-corrected chi connectivity index (χ0v) is 9.03. The van der Waals surface area contributed by atoms with Gasteiger partial charge in [-0.1, -0.05) is 13.8 Å². The van der Waals surface area contributed by atoms with Gasteiger partial charge in [0.1, 0.15) is 6.54 Å². The van der Waals surface area contributed by atoms with Crippen LogP contribution < -0.4 is 5.32 Å². The molecule has 0 bridgehead atoms. The molecule has 0 fully saturated rings. The fourth-order valence-corrected chi connectivity index (χ4v) is 1.11. The molecule has 0 aliphatic rings. The van der Waals surface area contributed by atoms with Gasteiger partial charge >= 0.3 is 0 Å². The molecule has 1 heterocycles. The van der Waals surface area contributed by atoms with Crippen molar-refractivity contribution < 1.29 is 4.79 Å². The number of rotatable bonds is 4. The van der Waals surface area contributed by atoms with Crippen LogP contribution in [0.15, 0.2) is 24.5 Å². The lowest BCUT2D eigenvalue weighted by Crippen LogP contribution is -2.37. The van der Waals surface area contributed by atoms with Gasteiger partial charge in [-0.05, 0) is 25.0 Å². The van der Waals surface area contributed by atoms with Crippen molar-refractivity contribution in [2.24, 2.45) is 5.92 Å². The molecule has 0 saturated heterocycles. The molecule has 1 aromatic heterocycles. The first-order valence-corrected chi connectivity index (χ1v) is 4.99. The highest BCUT2D eigenvalue weighted by Gasteiger charge is 2.10. The van der Waals surface area contributed by atoms with Gasteiger partial charge in [-0.15, -0.1) is 0 Å². The monoisotopic (exact) mass is 194 g/mol. The van der Waals surface area contributed by atoms with Gasteiger partial charge in [0, 0.05) is 18.4 Å². The molecule has 1 amide bonds. The van der Waals surface area contributed by atoms with E-state index in [1.165, 1.54) is 0 Å². The summed E-state index contributed by atoms with van der Waals surface area (Å²) in [6.45, 7) is 6.63. The molecular weight excluding hydrogens is 176 g/mol. The Morgan fingerprint density at radius 1 is 1.29 bits per heavy atom. The van der Waals surface area contributed by atoms with Crippen LogP contribution in [0.1, 0.15) is 20.8 Å². The fourth-order valence-electron chi connectivity index (χ4n) is 1.11. The first-order valence-electron chi connectivity index (χ1n) is 4.99. The molecule has 3 heteroatoms. The summed E-state index contributed by atoms with van der Waals surface area (Å²) < 4.78 is 1.86. The Labute approximate surface area is 85.1 Å². The lowest BCUT2D eigenvalue weighted by Gasteiger charge is -2.17. The Kier molecular flexibility index (Phi) is 3.74. The minimum atomic E-state index is 0.0717. The van der Waals surface area contributed by atoms with Crippen LogP contribution in [-0.4, -0.2) is 16.5 Å². The first-order chi connectivity index (χ1) is 6.59. The normalized spacial score (nSPS) is 12.9. The minimum absolute atomic E-state index is 0.0717. The number of carbonyl (C=O) groups excluding carboxylic acids is 1. The second-order valence-electron chi connectivity index (χ2n) is 3.96. The molecule has 0 aliphatic carbocycles. The molecule has 0 radical (unpaired) electrons. The molecule has 0 aliphatic heterocycles. The Morgan fingerprint density at radius 2 is 1.86 bits per heavy atom. The van der Waals surface area contributed by atoms with Crippen molar-refractivity contribution in [2.75, 3.05) is 0 Å². The topological polar surface area (TPSA) is 34.0 Å². The maximum absolute atomic E-state index is 11.5. The van der Waals surface area contributed by atoms with Crippen LogP contribution in [0.3, 0.4) is 0 Å². The first kappa shape index (κ1) is 10.8. The van der Waals surface area contributed by atoms with E-state index >= 15 is 0 Å². The number of nitrogens with zero attached hydrogens (tertiary/aromatic N) is 1. The Bertz CT molecular complexity index is 277. The van der Waals surface area contributed by atoms with E-state index in [2.05, 4.69) is 19.2 Å². The maximum Gasteiger partial charge on any atom is 0.240 e. The second kappa shape index (κ2) is 4.84. The standard InChI is InChI=1S/C11H18N2O/c1-9(2)10(3)12-11(14)8-13-6-4-5-7-13/h4-7,9-10H,8H2,1-3H3,(H,12,14). The molecule has 1 rings (SSSR count). The third kappa shape index (κ3) is 3.24. The van der Waals surface area contributed by atoms with Crippen molar-refractivity contribution in [3.63, 3.8) is 0 Å². The Hall–Kier alpha value is -1.25. The van der Waals surface area contributed by atoms with Gasteiger partial charge in [0.05, 0.1) is 0 Å². The van der Waals surface area contributed by atoms with E-state index in [4.69, 9.17) is 0 Å². The van der Waals surface area contributed by atoms with Crippen molar-refractivity contribution in [3.8, 4) is 0 Å². The third-order valence-electron chi connectivity index (χ3n) is 2.38. The average Bonchev–Trinajstić information content (AvgIpc) is 2.56. The Balaban J connectivity index is 2.36. The summed E-state index contributed by atoms with van der Waals surface area (Å²) in [4.78, 5) is 11.5. The van der Waals surface area contributed by atoms with Crippen molar-refractivity contribution in [2.45, 2.75) is 33.4 Å². The fraction of sp³-hybridized carbons (Fsp3) is 0.545. The van der Waals surface area contributed by atoms with Crippen LogP contribution in [-0.2, 0) is 11.3 Å². The SMILES string of the molecule is CC(C)C(C)NC(=O)Cn1cccc1. The average molecular weight is 194 g/mol. The quantitative estimate of drug-likeness (QED) is 0.777. The third-order valence-corrected chi connectivity index (χ3v) is 2.38. The van der Waals surface area contributed by atoms with E-state index in [1.54, 1.807) is 0 Å². The summed E-state index contributed by atoms with van der Waals surface area (Å²) in [7, 11) is 0. The number of hydrogen-bond donors (Lipinski definition) is 1. The second-order valence-corrected chi connectivity index (χ2v) is 3.96. The molecular formula is C11H18N2O. The van der Waals surface area contributed by atoms with E-state index in [9.17, 15) is 4.79 Å². The van der Waals surface area contributed by atoms with Gasteiger partial charge in [0.25, 0.3) is 0 Å². The van der Waals surface area contributed by atoms with Crippen molar-refractivity contribution in [1.29, 1.82) is 0 Å². The van der Waals surface area contributed by atoms with E-state index in [0.29, 0.717) is 12.5 Å². The van der Waals surface area contributed by atoms with Gasteiger partial charge < -0.3 is 9.88 Å². The number of carbonyl (C=O) groups is 1. The van der Waals surface area contributed by atoms with Crippen LogP contribution >= 0.6 is 0 Å². The molecule has 1 aromatic rings. The molecule has 78 valence electrons. The molecule has 1 atom stereocenters. The van der Waals surface area contributed by atoms with E-state index in [1.807, 2.05) is 36.0 Å². The number of hydrogen-bond acceptors (Lipinski definition) is 1. The summed E-state index contributed by atoms with van der Waals surface area (Å²) in [5, 5.41) is 2.96. The van der Waals surface area contributed by atoms with Gasteiger partial charge in [-0.2, -0.15) is 0 Å². The number of amides is 1. The molecule has 14 heavy (non-hydrogen) atoms. The predicted molar refractivity (Wildman–Crippen MR) is 56.9 cm³/mol. The van der Waals surface area contributed by atoms with E-state index in [-0.39, 0.29) is 11.9 Å². The van der Waals surface area contributed by atoms with E-state index < -0.39 is 0 Å². The summed E-state index contributed by atoms with van der Waals surface area (Å²) in [6.07, 6.45) is 3.78. The lowest BCUT2D eigenvalue weighted by molar-refractivity contribution is -0.122. The van der Waals surface area contributed by atoms with E-state index in [0.717, 1.165) is 0 Å². The smallest absolute Gasteiger partial charge is 0.240 e. The van der Waals surface area contributed by atoms with Crippen LogP contribution in [0.25, 0.3) is 0 Å². The number of nitrogens with one attached hydrogen (secondary N) is 1. The Morgan fingerprint density at radius 3 is 2.36 bits per heavy atom. The maximum atomic E-state index is 11.5. The van der Waals surface area contributed by atoms with Crippen LogP contribution in [0.2, 0.25) is 0 Å². The van der Waals surface area contributed by atoms with Crippen LogP contribution in [0, 0.1) is 5.92 Å². The van der Waals surface area contributed by atoms with Crippen molar-refractivity contribution >= 4 is 5.91 Å². The number of aromatic nitrogens is 1. The van der Waals surface area contributed by atoms with Crippen molar-refractivity contribution in [1.82, 2.24) is 9.88 Å². The molecule has 3 nitrogen and oxygen atoms in total. The molecule has 0 spiro atoms. The largest absolute Gasteiger partial charge is 0.352 e. The van der Waals surface area contributed by atoms with Crippen LogP contribution in [0.5, 0.6) is 0 Å². The summed E-state index contributed by atoms with van der Waals surface area (Å²) in [5.41, 5.74) is 0. The van der Waals surface area contributed by atoms with Gasteiger partial charge in [0.2, 0.25) is 5.91 Å². The molecule has 0 saturated carbocycles. The summed E-state index contributed by atoms with van der Waals surface area (Å²) in [5.74, 6) is 0.547. The highest BCUT2D eigenvalue weighted by atomic mass is 16.2. The summed E-state index contributed by atoms with van der Waals surface area (Å²) >= 11 is 0. The minimum Gasteiger partial charge on any atom is -0.352 e. The molecule has 0 aromatic carbocycles. The van der Waals surface area contributed by atoms with Gasteiger partial charge in [-0.25, -0.2) is 0 Å². The van der Waals surface area contributed by atoms with Gasteiger partial charge in [0.15, 0.2) is 0 Å². The molecule has 1 N–H and O–H groups in total. The van der Waals surface area contributed by atoms with Crippen molar-refractivity contribution in [3.05, 3.63) is 24.5 Å². The highest BCUT2D eigenvalue weighted by Crippen LogP contribution is 1.99. The van der Waals surface area contributed by atoms with Gasteiger partial charge in [-0.3, -0.25) is 4.79 Å². The zero-order chi connectivity index (χ0) is 10.6. The zero-order valence-electron chi connectivity index (χ0n) is 9.03. The lowest BCUT2D eigenvalue weighted by atomic mass is 10.1. The van der Waals surface area contributed by atoms with Crippen LogP contribution in [0.4, 0.5) is 0 Å². The molecule has 1 unspecified atom stereocenters.